The average molecular weight is 702 g/mol. The van der Waals surface area contributed by atoms with Crippen molar-refractivity contribution in [3.63, 3.8) is 0 Å². The number of carbonyl (C=O) groups excluding carboxylic acids is 3. The third kappa shape index (κ3) is 11.6. The number of thioether (sulfide) groups is 1. The quantitative estimate of drug-likeness (QED) is 0.132. The number of aliphatic carboxylic acids is 1. The van der Waals surface area contributed by atoms with Crippen LogP contribution in [0.4, 0.5) is 8.78 Å². The second-order valence-electron chi connectivity index (χ2n) is 12.7. The Bertz CT molecular complexity index is 1600. The van der Waals surface area contributed by atoms with Crippen LogP contribution < -0.4 is 22.1 Å². The lowest BCUT2D eigenvalue weighted by Gasteiger charge is -2.40. The smallest absolute Gasteiger partial charge is 0.321 e. The van der Waals surface area contributed by atoms with Crippen LogP contribution in [0.2, 0.25) is 0 Å². The number of carbonyl (C=O) groups is 4. The highest BCUT2D eigenvalue weighted by atomic mass is 32.2. The van der Waals surface area contributed by atoms with Crippen LogP contribution in [0, 0.1) is 17.0 Å². The normalized spacial score (nSPS) is 13.3. The molecule has 0 spiro atoms. The maximum absolute atomic E-state index is 14.9. The monoisotopic (exact) mass is 701 g/mol. The molecule has 266 valence electrons. The van der Waals surface area contributed by atoms with E-state index in [-0.39, 0.29) is 55.1 Å². The predicted molar refractivity (Wildman–Crippen MR) is 184 cm³/mol. The number of nitrogens with zero attached hydrogens (tertiary/aromatic N) is 3. The van der Waals surface area contributed by atoms with Gasteiger partial charge in [0.05, 0.1) is 23.5 Å². The molecule has 7 N–H and O–H groups in total. The maximum atomic E-state index is 14.9. The van der Waals surface area contributed by atoms with Crippen molar-refractivity contribution in [2.45, 2.75) is 58.7 Å². The van der Waals surface area contributed by atoms with Gasteiger partial charge in [0, 0.05) is 56.6 Å². The molecule has 15 heteroatoms. The fourth-order valence-electron chi connectivity index (χ4n) is 5.21. The van der Waals surface area contributed by atoms with E-state index in [0.717, 1.165) is 35.5 Å². The summed E-state index contributed by atoms with van der Waals surface area (Å²) in [7, 11) is 0. The van der Waals surface area contributed by atoms with Gasteiger partial charge < -0.3 is 32.1 Å². The van der Waals surface area contributed by atoms with E-state index in [1.54, 1.807) is 11.1 Å². The molecule has 0 saturated heterocycles. The highest BCUT2D eigenvalue weighted by molar-refractivity contribution is 8.00. The Balaban J connectivity index is 1.74. The van der Waals surface area contributed by atoms with Crippen LogP contribution in [0.1, 0.15) is 57.0 Å². The van der Waals surface area contributed by atoms with Crippen molar-refractivity contribution in [2.24, 2.45) is 16.9 Å². The predicted octanol–water partition coefficient (Wildman–Crippen LogP) is 2.77. The third-order valence-electron chi connectivity index (χ3n) is 7.62. The van der Waals surface area contributed by atoms with E-state index >= 15 is 0 Å². The fourth-order valence-corrected chi connectivity index (χ4v) is 6.01. The Morgan fingerprint density at radius 2 is 1.69 bits per heavy atom. The summed E-state index contributed by atoms with van der Waals surface area (Å²) in [5.74, 6) is -3.40. The van der Waals surface area contributed by atoms with Gasteiger partial charge in [0.2, 0.25) is 17.7 Å². The van der Waals surface area contributed by atoms with E-state index in [1.165, 1.54) is 11.6 Å². The van der Waals surface area contributed by atoms with Crippen molar-refractivity contribution < 1.29 is 33.1 Å². The summed E-state index contributed by atoms with van der Waals surface area (Å²) in [6.45, 7) is 7.60. The summed E-state index contributed by atoms with van der Waals surface area (Å²) in [5.41, 5.74) is 13.2. The Morgan fingerprint density at radius 1 is 1.02 bits per heavy atom. The summed E-state index contributed by atoms with van der Waals surface area (Å²) < 4.78 is 30.4. The van der Waals surface area contributed by atoms with E-state index in [0.29, 0.717) is 17.7 Å². The van der Waals surface area contributed by atoms with Crippen LogP contribution in [0.15, 0.2) is 54.7 Å². The Kier molecular flexibility index (Phi) is 14.3. The van der Waals surface area contributed by atoms with E-state index in [1.807, 2.05) is 51.1 Å². The second kappa shape index (κ2) is 17.9. The highest BCUT2D eigenvalue weighted by Crippen LogP contribution is 2.40. The molecule has 3 aromatic rings. The molecule has 3 atom stereocenters. The minimum Gasteiger partial charge on any atom is -0.480 e. The van der Waals surface area contributed by atoms with Gasteiger partial charge in [-0.2, -0.15) is 5.10 Å². The first-order chi connectivity index (χ1) is 23.1. The molecule has 0 fully saturated rings. The summed E-state index contributed by atoms with van der Waals surface area (Å²) in [4.78, 5) is 50.4. The second-order valence-corrected chi connectivity index (χ2v) is 13.7. The van der Waals surface area contributed by atoms with Crippen LogP contribution in [-0.2, 0) is 25.6 Å². The van der Waals surface area contributed by atoms with Gasteiger partial charge in [-0.1, -0.05) is 51.1 Å². The molecular weight excluding hydrogens is 656 g/mol. The number of aromatic nitrogens is 2. The van der Waals surface area contributed by atoms with Crippen molar-refractivity contribution in [1.82, 2.24) is 25.3 Å². The number of hydrogen-bond donors (Lipinski definition) is 5. The number of halogens is 2. The minimum absolute atomic E-state index is 0.0206. The van der Waals surface area contributed by atoms with Crippen molar-refractivity contribution in [2.75, 3.05) is 31.1 Å². The topological polar surface area (TPSA) is 186 Å². The van der Waals surface area contributed by atoms with E-state index in [2.05, 4.69) is 10.6 Å². The molecule has 3 amide bonds. The first-order valence-corrected chi connectivity index (χ1v) is 16.9. The van der Waals surface area contributed by atoms with Crippen molar-refractivity contribution in [1.29, 1.82) is 0 Å². The van der Waals surface area contributed by atoms with Crippen LogP contribution in [0.3, 0.4) is 0 Å². The van der Waals surface area contributed by atoms with Gasteiger partial charge in [-0.25, -0.2) is 13.5 Å². The number of hydrogen-bond acceptors (Lipinski definition) is 8. The number of nitrogens with two attached hydrogens (primary N) is 2. The zero-order valence-electron chi connectivity index (χ0n) is 28.1. The lowest BCUT2D eigenvalue weighted by Crippen LogP contribution is -2.47. The average Bonchev–Trinajstić information content (AvgIpc) is 3.43. The molecule has 0 radical (unpaired) electrons. The molecule has 0 aliphatic heterocycles. The van der Waals surface area contributed by atoms with Crippen LogP contribution in [0.25, 0.3) is 5.69 Å². The van der Waals surface area contributed by atoms with E-state index < -0.39 is 47.1 Å². The molecule has 0 aliphatic carbocycles. The summed E-state index contributed by atoms with van der Waals surface area (Å²) >= 11 is 1.09. The van der Waals surface area contributed by atoms with Gasteiger partial charge in [0.25, 0.3) is 0 Å². The highest BCUT2D eigenvalue weighted by Gasteiger charge is 2.37. The minimum atomic E-state index is -1.14. The van der Waals surface area contributed by atoms with Gasteiger partial charge in [-0.05, 0) is 29.5 Å². The fraction of sp³-hybridized carbons (Fsp3) is 0.441. The zero-order chi connectivity index (χ0) is 36.3. The first kappa shape index (κ1) is 39.1. The number of carboxylic acid groups (broad SMARTS) is 1. The molecule has 0 bridgehead atoms. The number of rotatable bonds is 17. The van der Waals surface area contributed by atoms with Gasteiger partial charge in [0.1, 0.15) is 23.4 Å². The number of benzene rings is 2. The Morgan fingerprint density at radius 3 is 2.33 bits per heavy atom. The lowest BCUT2D eigenvalue weighted by molar-refractivity contribution is -0.138. The van der Waals surface area contributed by atoms with Gasteiger partial charge in [-0.3, -0.25) is 19.2 Å². The van der Waals surface area contributed by atoms with Crippen molar-refractivity contribution in [3.05, 3.63) is 83.2 Å². The largest absolute Gasteiger partial charge is 0.480 e. The molecule has 2 aromatic carbocycles. The molecule has 1 aromatic heterocycles. The standard InChI is InChI=1S/C34H45F2N7O5S/c1-21(44)42(15-12-26(37)32(46)40-14-13-39-29(45)20-49-19-27(38)33(47)48)31(34(2,3)4)30-23(16-22-8-6-5-7-9-22)18-43(41-30)28-17-24(35)10-11-25(28)36/h5-11,17-18,26-27,31H,12-16,19-20,37-38H2,1-4H3,(H,39,45)(H,40,46)(H,47,48)/t26-,27-,31-/m0/s1. The van der Waals surface area contributed by atoms with Crippen molar-refractivity contribution in [3.8, 4) is 5.69 Å². The molecule has 0 aliphatic rings. The summed E-state index contributed by atoms with van der Waals surface area (Å²) in [6, 6.07) is 10.0. The Hall–Kier alpha value is -4.34. The number of nitrogens with one attached hydrogen (secondary N) is 2. The molecular formula is C34H45F2N7O5S. The van der Waals surface area contributed by atoms with Gasteiger partial charge >= 0.3 is 5.97 Å². The van der Waals surface area contributed by atoms with Gasteiger partial charge in [0.15, 0.2) is 0 Å². The van der Waals surface area contributed by atoms with Crippen LogP contribution >= 0.6 is 11.8 Å². The summed E-state index contributed by atoms with van der Waals surface area (Å²) in [6.07, 6.45) is 2.18. The van der Waals surface area contributed by atoms with E-state index in [4.69, 9.17) is 21.7 Å². The number of amides is 3. The van der Waals surface area contributed by atoms with E-state index in [9.17, 15) is 28.0 Å². The van der Waals surface area contributed by atoms with Crippen LogP contribution in [-0.4, -0.2) is 86.7 Å². The Labute approximate surface area is 289 Å². The van der Waals surface area contributed by atoms with Crippen molar-refractivity contribution >= 4 is 35.5 Å². The molecule has 3 rings (SSSR count). The first-order valence-electron chi connectivity index (χ1n) is 15.8. The molecule has 1 heterocycles. The summed E-state index contributed by atoms with van der Waals surface area (Å²) in [5, 5.41) is 18.9. The lowest BCUT2D eigenvalue weighted by atomic mass is 9.81. The SMILES string of the molecule is CC(=O)N(CC[C@H](N)C(=O)NCCNC(=O)CSC[C@H](N)C(=O)O)[C@@H](c1nn(-c2cc(F)ccc2F)cc1Cc1ccccc1)C(C)(C)C. The zero-order valence-corrected chi connectivity index (χ0v) is 28.9. The molecule has 0 unspecified atom stereocenters. The van der Waals surface area contributed by atoms with Gasteiger partial charge in [-0.15, -0.1) is 11.8 Å². The molecule has 0 saturated carbocycles. The third-order valence-corrected chi connectivity index (χ3v) is 8.68. The molecule has 12 nitrogen and oxygen atoms in total. The molecule has 49 heavy (non-hydrogen) atoms. The van der Waals surface area contributed by atoms with Crippen LogP contribution in [0.5, 0.6) is 0 Å². The maximum Gasteiger partial charge on any atom is 0.321 e. The number of carboxylic acids is 1.